The van der Waals surface area contributed by atoms with Gasteiger partial charge in [0.25, 0.3) is 0 Å². The molecule has 0 bridgehead atoms. The van der Waals surface area contributed by atoms with Gasteiger partial charge in [-0.2, -0.15) is 0 Å². The molecule has 0 aromatic heterocycles. The molecule has 0 heterocycles. The third kappa shape index (κ3) is 13.3. The summed E-state index contributed by atoms with van der Waals surface area (Å²) in [6, 6.07) is 0. The van der Waals surface area contributed by atoms with Gasteiger partial charge in [-0.3, -0.25) is 0 Å². The van der Waals surface area contributed by atoms with E-state index in [9.17, 15) is 4.79 Å². The minimum atomic E-state index is -0.189. The molecule has 0 aromatic rings. The Kier molecular flexibility index (Phi) is 13.6. The van der Waals surface area contributed by atoms with Crippen LogP contribution in [0.15, 0.2) is 12.2 Å². The highest BCUT2D eigenvalue weighted by molar-refractivity contribution is 5.81. The monoisotopic (exact) mass is 254 g/mol. The van der Waals surface area contributed by atoms with E-state index < -0.39 is 0 Å². The molecule has 0 rings (SSSR count). The first-order valence-electron chi connectivity index (χ1n) is 7.64. The van der Waals surface area contributed by atoms with Crippen molar-refractivity contribution in [2.75, 3.05) is 6.61 Å². The van der Waals surface area contributed by atoms with Crippen LogP contribution < -0.4 is 0 Å². The van der Waals surface area contributed by atoms with Crippen LogP contribution in [0.5, 0.6) is 0 Å². The van der Waals surface area contributed by atoms with Crippen LogP contribution in [0.1, 0.15) is 78.1 Å². The Bertz CT molecular complexity index is 209. The first-order chi connectivity index (χ1) is 8.81. The molecule has 2 nitrogen and oxygen atoms in total. The van der Waals surface area contributed by atoms with Crippen molar-refractivity contribution in [3.8, 4) is 0 Å². The first kappa shape index (κ1) is 17.2. The summed E-state index contributed by atoms with van der Waals surface area (Å²) in [5, 5.41) is 0. The summed E-state index contributed by atoms with van der Waals surface area (Å²) in [5.74, 6) is -0.189. The molecule has 0 spiro atoms. The Morgan fingerprint density at radius 3 is 2.17 bits per heavy atom. The van der Waals surface area contributed by atoms with E-state index in [-0.39, 0.29) is 5.97 Å². The molecular weight excluding hydrogens is 224 g/mol. The zero-order valence-electron chi connectivity index (χ0n) is 12.2. The lowest BCUT2D eigenvalue weighted by Crippen LogP contribution is -2.01. The molecule has 18 heavy (non-hydrogen) atoms. The van der Waals surface area contributed by atoms with E-state index in [4.69, 9.17) is 4.74 Å². The molecule has 0 aliphatic carbocycles. The molecule has 0 radical (unpaired) electrons. The Morgan fingerprint density at radius 1 is 0.889 bits per heavy atom. The van der Waals surface area contributed by atoms with E-state index in [1.54, 1.807) is 6.08 Å². The smallest absolute Gasteiger partial charge is 0.330 e. The molecule has 0 unspecified atom stereocenters. The molecule has 0 aromatic carbocycles. The number of carbonyl (C=O) groups is 1. The number of hydrogen-bond donors (Lipinski definition) is 0. The zero-order chi connectivity index (χ0) is 13.5. The molecule has 2 heteroatoms. The van der Waals surface area contributed by atoms with Gasteiger partial charge in [-0.05, 0) is 19.3 Å². The molecule has 0 aliphatic heterocycles. The second kappa shape index (κ2) is 14.3. The van der Waals surface area contributed by atoms with Crippen LogP contribution in [0, 0.1) is 0 Å². The molecule has 0 N–H and O–H groups in total. The van der Waals surface area contributed by atoms with Crippen molar-refractivity contribution in [2.24, 2.45) is 0 Å². The standard InChI is InChI=1S/C16H30O2/c1-3-5-7-8-9-10-11-12-13-14-16(17)18-15-6-4-2/h13-14H,3-12,15H2,1-2H3/b14-13+. The molecule has 0 atom stereocenters. The van der Waals surface area contributed by atoms with Crippen molar-refractivity contribution >= 4 is 5.97 Å². The third-order valence-electron chi connectivity index (χ3n) is 2.97. The number of esters is 1. The van der Waals surface area contributed by atoms with Gasteiger partial charge in [0.2, 0.25) is 0 Å². The lowest BCUT2D eigenvalue weighted by atomic mass is 10.1. The lowest BCUT2D eigenvalue weighted by Gasteiger charge is -2.00. The number of carbonyl (C=O) groups excluding carboxylic acids is 1. The molecule has 0 amide bonds. The van der Waals surface area contributed by atoms with Gasteiger partial charge in [-0.15, -0.1) is 0 Å². The summed E-state index contributed by atoms with van der Waals surface area (Å²) in [6.45, 7) is 4.88. The Balaban J connectivity index is 3.23. The summed E-state index contributed by atoms with van der Waals surface area (Å²) in [7, 11) is 0. The first-order valence-corrected chi connectivity index (χ1v) is 7.64. The summed E-state index contributed by atoms with van der Waals surface area (Å²) in [6.07, 6.45) is 15.7. The van der Waals surface area contributed by atoms with E-state index in [0.29, 0.717) is 6.61 Å². The van der Waals surface area contributed by atoms with Gasteiger partial charge in [0, 0.05) is 6.08 Å². The average molecular weight is 254 g/mol. The fraction of sp³-hybridized carbons (Fsp3) is 0.812. The van der Waals surface area contributed by atoms with Gasteiger partial charge in [0.1, 0.15) is 0 Å². The second-order valence-electron chi connectivity index (χ2n) is 4.83. The van der Waals surface area contributed by atoms with E-state index in [0.717, 1.165) is 19.3 Å². The molecule has 0 fully saturated rings. The highest BCUT2D eigenvalue weighted by Crippen LogP contribution is 2.08. The van der Waals surface area contributed by atoms with E-state index >= 15 is 0 Å². The Hall–Kier alpha value is -0.790. The van der Waals surface area contributed by atoms with Crippen LogP contribution in [-0.2, 0) is 9.53 Å². The zero-order valence-corrected chi connectivity index (χ0v) is 12.2. The van der Waals surface area contributed by atoms with E-state index in [2.05, 4.69) is 13.8 Å². The second-order valence-corrected chi connectivity index (χ2v) is 4.83. The minimum Gasteiger partial charge on any atom is -0.463 e. The van der Waals surface area contributed by atoms with Crippen molar-refractivity contribution in [3.63, 3.8) is 0 Å². The largest absolute Gasteiger partial charge is 0.463 e. The predicted octanol–water partition coefficient (Wildman–Crippen LogP) is 5.03. The number of ether oxygens (including phenoxy) is 1. The van der Waals surface area contributed by atoms with Crippen LogP contribution >= 0.6 is 0 Å². The van der Waals surface area contributed by atoms with Crippen molar-refractivity contribution in [1.82, 2.24) is 0 Å². The Morgan fingerprint density at radius 2 is 1.50 bits per heavy atom. The van der Waals surface area contributed by atoms with Gasteiger partial charge in [-0.1, -0.05) is 64.9 Å². The van der Waals surface area contributed by atoms with Gasteiger partial charge in [-0.25, -0.2) is 4.79 Å². The van der Waals surface area contributed by atoms with Crippen molar-refractivity contribution in [3.05, 3.63) is 12.2 Å². The van der Waals surface area contributed by atoms with Gasteiger partial charge < -0.3 is 4.74 Å². The SMILES string of the molecule is CCCCCCCCC/C=C/C(=O)OCCCC. The summed E-state index contributed by atoms with van der Waals surface area (Å²) in [5.41, 5.74) is 0. The predicted molar refractivity (Wildman–Crippen MR) is 77.6 cm³/mol. The van der Waals surface area contributed by atoms with Crippen LogP contribution in [0.3, 0.4) is 0 Å². The van der Waals surface area contributed by atoms with Crippen LogP contribution in [0.2, 0.25) is 0 Å². The highest BCUT2D eigenvalue weighted by Gasteiger charge is 1.95. The van der Waals surface area contributed by atoms with E-state index in [1.165, 1.54) is 44.9 Å². The van der Waals surface area contributed by atoms with Crippen molar-refractivity contribution in [1.29, 1.82) is 0 Å². The molecule has 106 valence electrons. The molecule has 0 saturated heterocycles. The van der Waals surface area contributed by atoms with E-state index in [1.807, 2.05) is 6.08 Å². The molecular formula is C16H30O2. The quantitative estimate of drug-likeness (QED) is 0.277. The third-order valence-corrected chi connectivity index (χ3v) is 2.97. The number of hydrogen-bond acceptors (Lipinski definition) is 2. The maximum Gasteiger partial charge on any atom is 0.330 e. The summed E-state index contributed by atoms with van der Waals surface area (Å²) in [4.78, 5) is 11.2. The number of rotatable bonds is 12. The number of unbranched alkanes of at least 4 members (excludes halogenated alkanes) is 8. The fourth-order valence-electron chi connectivity index (χ4n) is 1.76. The normalized spacial score (nSPS) is 11.0. The maximum atomic E-state index is 11.2. The molecule has 0 aliphatic rings. The average Bonchev–Trinajstić information content (AvgIpc) is 2.37. The topological polar surface area (TPSA) is 26.3 Å². The van der Waals surface area contributed by atoms with Crippen LogP contribution in [0.25, 0.3) is 0 Å². The van der Waals surface area contributed by atoms with Crippen molar-refractivity contribution < 1.29 is 9.53 Å². The Labute approximate surface area is 113 Å². The fourth-order valence-corrected chi connectivity index (χ4v) is 1.76. The minimum absolute atomic E-state index is 0.189. The van der Waals surface area contributed by atoms with Gasteiger partial charge in [0.15, 0.2) is 0 Å². The van der Waals surface area contributed by atoms with Gasteiger partial charge >= 0.3 is 5.97 Å². The number of allylic oxidation sites excluding steroid dienone is 1. The summed E-state index contributed by atoms with van der Waals surface area (Å²) < 4.78 is 5.03. The highest BCUT2D eigenvalue weighted by atomic mass is 16.5. The van der Waals surface area contributed by atoms with Crippen molar-refractivity contribution in [2.45, 2.75) is 78.1 Å². The van der Waals surface area contributed by atoms with Crippen LogP contribution in [-0.4, -0.2) is 12.6 Å². The van der Waals surface area contributed by atoms with Gasteiger partial charge in [0.05, 0.1) is 6.61 Å². The lowest BCUT2D eigenvalue weighted by molar-refractivity contribution is -0.137. The van der Waals surface area contributed by atoms with Crippen LogP contribution in [0.4, 0.5) is 0 Å². The summed E-state index contributed by atoms with van der Waals surface area (Å²) >= 11 is 0. The molecule has 0 saturated carbocycles. The maximum absolute atomic E-state index is 11.2.